The molecule has 0 aliphatic heterocycles. The van der Waals surface area contributed by atoms with Crippen LogP contribution in [0, 0.1) is 0 Å². The first kappa shape index (κ1) is 19.9. The molecule has 156 valence electrons. The number of carbonyl (C=O) groups excluding carboxylic acids is 1. The molecule has 9 nitrogen and oxygen atoms in total. The maximum Gasteiger partial charge on any atom is 0.277 e. The second-order valence-corrected chi connectivity index (χ2v) is 6.68. The molecular weight excluding hydrogens is 396 g/mol. The molecule has 3 N–H and O–H groups in total. The molecule has 0 aliphatic rings. The molecular formula is C22H20N6O3. The lowest BCUT2D eigenvalue weighted by Gasteiger charge is -2.11. The van der Waals surface area contributed by atoms with Gasteiger partial charge in [-0.05, 0) is 54.1 Å². The minimum absolute atomic E-state index is 0.164. The Morgan fingerprint density at radius 1 is 1.13 bits per heavy atom. The molecule has 0 saturated heterocycles. The van der Waals surface area contributed by atoms with Crippen molar-refractivity contribution in [3.8, 4) is 11.5 Å². The summed E-state index contributed by atoms with van der Waals surface area (Å²) in [7, 11) is 1.61. The zero-order chi connectivity index (χ0) is 21.6. The van der Waals surface area contributed by atoms with Gasteiger partial charge in [-0.2, -0.15) is 0 Å². The number of hydrogen-bond acceptors (Lipinski definition) is 7. The van der Waals surface area contributed by atoms with Crippen LogP contribution < -0.4 is 15.4 Å². The van der Waals surface area contributed by atoms with Crippen LogP contribution in [0.25, 0.3) is 0 Å². The summed E-state index contributed by atoms with van der Waals surface area (Å²) < 4.78 is 6.81. The van der Waals surface area contributed by atoms with Crippen LogP contribution in [0.5, 0.6) is 11.5 Å². The van der Waals surface area contributed by atoms with Gasteiger partial charge in [0.15, 0.2) is 11.5 Å². The fourth-order valence-corrected chi connectivity index (χ4v) is 2.91. The average Bonchev–Trinajstić information content (AvgIpc) is 3.25. The minimum atomic E-state index is -0.404. The number of phenolic OH excluding ortho intramolecular Hbond substituents is 1. The topological polar surface area (TPSA) is 114 Å². The predicted octanol–water partition coefficient (Wildman–Crippen LogP) is 3.43. The van der Waals surface area contributed by atoms with E-state index in [1.165, 1.54) is 0 Å². The van der Waals surface area contributed by atoms with Crippen LogP contribution in [-0.4, -0.2) is 38.1 Å². The Kier molecular flexibility index (Phi) is 5.75. The molecule has 0 unspecified atom stereocenters. The third kappa shape index (κ3) is 4.96. The Morgan fingerprint density at radius 3 is 2.77 bits per heavy atom. The number of methoxy groups -OCH3 is 1. The van der Waals surface area contributed by atoms with E-state index in [2.05, 4.69) is 25.9 Å². The molecule has 2 aromatic carbocycles. The number of carbonyl (C=O) groups is 1. The summed E-state index contributed by atoms with van der Waals surface area (Å²) in [5, 5.41) is 23.4. The number of anilines is 3. The monoisotopic (exact) mass is 416 g/mol. The first-order chi connectivity index (χ1) is 15.1. The van der Waals surface area contributed by atoms with E-state index < -0.39 is 5.91 Å². The fourth-order valence-electron chi connectivity index (χ4n) is 2.91. The maximum atomic E-state index is 12.7. The summed E-state index contributed by atoms with van der Waals surface area (Å²) in [4.78, 5) is 17.0. The molecule has 0 bridgehead atoms. The lowest BCUT2D eigenvalue weighted by Crippen LogP contribution is -2.14. The Balaban J connectivity index is 1.46. The number of rotatable bonds is 7. The standard InChI is InChI=1S/C22H20N6O3/c1-31-18-5-2-4-15(12-18)13-28-14-20(26-27-28)22(30)25-19-6-3-11-23-21(19)24-16-7-9-17(29)10-8-16/h2-12,14,29H,13H2,1H3,(H,23,24)(H,25,30). The number of aromatic nitrogens is 4. The van der Waals surface area contributed by atoms with Crippen LogP contribution in [-0.2, 0) is 6.54 Å². The summed E-state index contributed by atoms with van der Waals surface area (Å²) in [5.74, 6) is 0.974. The number of amides is 1. The number of hydrogen-bond donors (Lipinski definition) is 3. The first-order valence-electron chi connectivity index (χ1n) is 9.46. The summed E-state index contributed by atoms with van der Waals surface area (Å²) in [5.41, 5.74) is 2.37. The highest BCUT2D eigenvalue weighted by Crippen LogP contribution is 2.24. The highest BCUT2D eigenvalue weighted by Gasteiger charge is 2.14. The van der Waals surface area contributed by atoms with Crippen LogP contribution in [0.4, 0.5) is 17.2 Å². The van der Waals surface area contributed by atoms with Crippen LogP contribution in [0.1, 0.15) is 16.1 Å². The van der Waals surface area contributed by atoms with Crippen molar-refractivity contribution in [1.82, 2.24) is 20.0 Å². The van der Waals surface area contributed by atoms with Gasteiger partial charge >= 0.3 is 0 Å². The van der Waals surface area contributed by atoms with Crippen LogP contribution >= 0.6 is 0 Å². The molecule has 2 heterocycles. The normalized spacial score (nSPS) is 10.5. The fraction of sp³-hybridized carbons (Fsp3) is 0.0909. The summed E-state index contributed by atoms with van der Waals surface area (Å²) in [6, 6.07) is 17.6. The van der Waals surface area contributed by atoms with Gasteiger partial charge in [0.05, 0.1) is 25.5 Å². The van der Waals surface area contributed by atoms with Crippen molar-refractivity contribution in [1.29, 1.82) is 0 Å². The van der Waals surface area contributed by atoms with E-state index >= 15 is 0 Å². The highest BCUT2D eigenvalue weighted by atomic mass is 16.5. The smallest absolute Gasteiger partial charge is 0.277 e. The highest BCUT2D eigenvalue weighted by molar-refractivity contribution is 6.04. The largest absolute Gasteiger partial charge is 0.508 e. The van der Waals surface area contributed by atoms with Crippen LogP contribution in [0.2, 0.25) is 0 Å². The lowest BCUT2D eigenvalue weighted by molar-refractivity contribution is 0.102. The summed E-state index contributed by atoms with van der Waals surface area (Å²) in [6.07, 6.45) is 3.20. The van der Waals surface area contributed by atoms with E-state index in [9.17, 15) is 9.90 Å². The second-order valence-electron chi connectivity index (χ2n) is 6.68. The van der Waals surface area contributed by atoms with E-state index in [4.69, 9.17) is 4.74 Å². The van der Waals surface area contributed by atoms with Crippen molar-refractivity contribution in [2.75, 3.05) is 17.7 Å². The van der Waals surface area contributed by atoms with Crippen molar-refractivity contribution in [3.05, 3.63) is 84.3 Å². The molecule has 0 atom stereocenters. The van der Waals surface area contributed by atoms with E-state index in [1.807, 2.05) is 24.3 Å². The molecule has 31 heavy (non-hydrogen) atoms. The van der Waals surface area contributed by atoms with E-state index in [0.717, 1.165) is 17.0 Å². The average molecular weight is 416 g/mol. The van der Waals surface area contributed by atoms with Gasteiger partial charge in [-0.3, -0.25) is 4.79 Å². The van der Waals surface area contributed by atoms with Crippen molar-refractivity contribution >= 4 is 23.1 Å². The summed E-state index contributed by atoms with van der Waals surface area (Å²) in [6.45, 7) is 0.456. The Bertz CT molecular complexity index is 1190. The molecule has 2 aromatic heterocycles. The number of nitrogens with one attached hydrogen (secondary N) is 2. The molecule has 0 radical (unpaired) electrons. The third-order valence-corrected chi connectivity index (χ3v) is 4.44. The number of benzene rings is 2. The van der Waals surface area contributed by atoms with Crippen LogP contribution in [0.15, 0.2) is 73.1 Å². The Labute approximate surface area is 178 Å². The molecule has 4 aromatic rings. The maximum absolute atomic E-state index is 12.7. The van der Waals surface area contributed by atoms with Gasteiger partial charge in [-0.15, -0.1) is 5.10 Å². The van der Waals surface area contributed by atoms with Crippen molar-refractivity contribution in [2.24, 2.45) is 0 Å². The van der Waals surface area contributed by atoms with Gasteiger partial charge in [-0.25, -0.2) is 9.67 Å². The van der Waals surface area contributed by atoms with Gasteiger partial charge in [0.2, 0.25) is 0 Å². The van der Waals surface area contributed by atoms with Gasteiger partial charge in [-0.1, -0.05) is 17.3 Å². The van der Waals surface area contributed by atoms with Gasteiger partial charge in [0.1, 0.15) is 11.5 Å². The molecule has 0 aliphatic carbocycles. The van der Waals surface area contributed by atoms with Gasteiger partial charge < -0.3 is 20.5 Å². The zero-order valence-corrected chi connectivity index (χ0v) is 16.7. The first-order valence-corrected chi connectivity index (χ1v) is 9.46. The predicted molar refractivity (Wildman–Crippen MR) is 116 cm³/mol. The van der Waals surface area contributed by atoms with E-state index in [0.29, 0.717) is 18.1 Å². The molecule has 0 spiro atoms. The third-order valence-electron chi connectivity index (χ3n) is 4.44. The van der Waals surface area contributed by atoms with Crippen LogP contribution in [0.3, 0.4) is 0 Å². The zero-order valence-electron chi connectivity index (χ0n) is 16.7. The number of nitrogens with zero attached hydrogens (tertiary/aromatic N) is 4. The lowest BCUT2D eigenvalue weighted by atomic mass is 10.2. The molecule has 0 fully saturated rings. The Morgan fingerprint density at radius 2 is 1.97 bits per heavy atom. The van der Waals surface area contributed by atoms with Crippen molar-refractivity contribution in [2.45, 2.75) is 6.54 Å². The molecule has 4 rings (SSSR count). The van der Waals surface area contributed by atoms with E-state index in [-0.39, 0.29) is 11.4 Å². The summed E-state index contributed by atoms with van der Waals surface area (Å²) >= 11 is 0. The van der Waals surface area contributed by atoms with E-state index in [1.54, 1.807) is 60.6 Å². The molecule has 1 amide bonds. The number of ether oxygens (including phenoxy) is 1. The molecule has 0 saturated carbocycles. The van der Waals surface area contributed by atoms with Gasteiger partial charge in [0.25, 0.3) is 5.91 Å². The second kappa shape index (κ2) is 8.95. The Hall–Kier alpha value is -4.40. The van der Waals surface area contributed by atoms with Crippen molar-refractivity contribution in [3.63, 3.8) is 0 Å². The number of aromatic hydroxyl groups is 1. The quantitative estimate of drug-likeness (QED) is 0.396. The minimum Gasteiger partial charge on any atom is -0.508 e. The van der Waals surface area contributed by atoms with Crippen molar-refractivity contribution < 1.29 is 14.6 Å². The molecule has 9 heteroatoms. The van der Waals surface area contributed by atoms with Gasteiger partial charge in [0, 0.05) is 11.9 Å². The number of phenols is 1. The number of pyridine rings is 1. The SMILES string of the molecule is COc1cccc(Cn2cc(C(=O)Nc3cccnc3Nc3ccc(O)cc3)nn2)c1.